The van der Waals surface area contributed by atoms with Crippen molar-refractivity contribution in [3.63, 3.8) is 0 Å². The standard InChI is InChI=1S/C5H10FN/c1-3-4-5(6)7-2/h4,7H,3H2,1-2H3/b5-4-. The Bertz CT molecular complexity index is 68.5. The van der Waals surface area contributed by atoms with Gasteiger partial charge in [-0.05, 0) is 12.5 Å². The second-order valence-corrected chi connectivity index (χ2v) is 1.21. The van der Waals surface area contributed by atoms with Crippen molar-refractivity contribution in [2.45, 2.75) is 13.3 Å². The average Bonchev–Trinajstić information content (AvgIpc) is 1.68. The zero-order valence-electron chi connectivity index (χ0n) is 4.66. The van der Waals surface area contributed by atoms with Crippen LogP contribution < -0.4 is 5.32 Å². The summed E-state index contributed by atoms with van der Waals surface area (Å²) in [5, 5.41) is 2.36. The number of halogens is 1. The van der Waals surface area contributed by atoms with Crippen molar-refractivity contribution in [1.29, 1.82) is 0 Å². The van der Waals surface area contributed by atoms with E-state index in [2.05, 4.69) is 5.32 Å². The van der Waals surface area contributed by atoms with E-state index in [1.165, 1.54) is 6.08 Å². The highest BCUT2D eigenvalue weighted by Gasteiger charge is 1.79. The molecule has 0 aliphatic rings. The van der Waals surface area contributed by atoms with Gasteiger partial charge in [-0.3, -0.25) is 0 Å². The van der Waals surface area contributed by atoms with E-state index in [-0.39, 0.29) is 5.95 Å². The Hall–Kier alpha value is -0.530. The molecule has 0 radical (unpaired) electrons. The smallest absolute Gasteiger partial charge is 0.182 e. The first kappa shape index (κ1) is 6.47. The van der Waals surface area contributed by atoms with Crippen molar-refractivity contribution in [2.75, 3.05) is 7.05 Å². The van der Waals surface area contributed by atoms with Crippen molar-refractivity contribution < 1.29 is 4.39 Å². The van der Waals surface area contributed by atoms with Crippen LogP contribution in [0.2, 0.25) is 0 Å². The summed E-state index contributed by atoms with van der Waals surface area (Å²) in [5.41, 5.74) is 0. The minimum Gasteiger partial charge on any atom is -0.365 e. The monoisotopic (exact) mass is 103 g/mol. The molecule has 0 aromatic rings. The van der Waals surface area contributed by atoms with Gasteiger partial charge in [0.15, 0.2) is 5.95 Å². The first-order chi connectivity index (χ1) is 3.31. The molecule has 0 saturated carbocycles. The van der Waals surface area contributed by atoms with E-state index in [1.54, 1.807) is 7.05 Å². The van der Waals surface area contributed by atoms with Crippen LogP contribution in [0, 0.1) is 0 Å². The molecule has 0 bridgehead atoms. The predicted molar refractivity (Wildman–Crippen MR) is 28.5 cm³/mol. The molecule has 0 atom stereocenters. The number of rotatable bonds is 2. The van der Waals surface area contributed by atoms with Gasteiger partial charge >= 0.3 is 0 Å². The SMILES string of the molecule is CC/C=C(/F)NC. The predicted octanol–water partition coefficient (Wildman–Crippen LogP) is 1.43. The fourth-order valence-electron chi connectivity index (χ4n) is 0.281. The molecule has 0 spiro atoms. The highest BCUT2D eigenvalue weighted by molar-refractivity contribution is 4.85. The quantitative estimate of drug-likeness (QED) is 0.521. The van der Waals surface area contributed by atoms with E-state index in [4.69, 9.17) is 0 Å². The van der Waals surface area contributed by atoms with Crippen LogP contribution in [0.5, 0.6) is 0 Å². The van der Waals surface area contributed by atoms with Gasteiger partial charge in [0.2, 0.25) is 0 Å². The summed E-state index contributed by atoms with van der Waals surface area (Å²) >= 11 is 0. The molecule has 0 rings (SSSR count). The summed E-state index contributed by atoms with van der Waals surface area (Å²) in [6.07, 6.45) is 2.23. The first-order valence-electron chi connectivity index (χ1n) is 2.34. The van der Waals surface area contributed by atoms with Crippen LogP contribution in [0.25, 0.3) is 0 Å². The lowest BCUT2D eigenvalue weighted by molar-refractivity contribution is 0.568. The van der Waals surface area contributed by atoms with Crippen molar-refractivity contribution >= 4 is 0 Å². The van der Waals surface area contributed by atoms with Crippen LogP contribution in [0.3, 0.4) is 0 Å². The summed E-state index contributed by atoms with van der Waals surface area (Å²) in [4.78, 5) is 0. The third kappa shape index (κ3) is 3.30. The molecule has 0 aliphatic carbocycles. The zero-order chi connectivity index (χ0) is 5.70. The van der Waals surface area contributed by atoms with E-state index < -0.39 is 0 Å². The lowest BCUT2D eigenvalue weighted by atomic mass is 10.5. The van der Waals surface area contributed by atoms with Gasteiger partial charge in [0.05, 0.1) is 0 Å². The Morgan fingerprint density at radius 2 is 2.43 bits per heavy atom. The zero-order valence-corrected chi connectivity index (χ0v) is 4.66. The van der Waals surface area contributed by atoms with E-state index >= 15 is 0 Å². The van der Waals surface area contributed by atoms with Crippen LogP contribution in [-0.2, 0) is 0 Å². The molecule has 1 N–H and O–H groups in total. The molecule has 0 saturated heterocycles. The van der Waals surface area contributed by atoms with Crippen LogP contribution in [0.1, 0.15) is 13.3 Å². The van der Waals surface area contributed by atoms with Crippen LogP contribution in [0.15, 0.2) is 12.0 Å². The third-order valence-electron chi connectivity index (χ3n) is 0.622. The molecule has 0 aliphatic heterocycles. The number of nitrogens with one attached hydrogen (secondary N) is 1. The fourth-order valence-corrected chi connectivity index (χ4v) is 0.281. The maximum absolute atomic E-state index is 11.9. The number of allylic oxidation sites excluding steroid dienone is 1. The van der Waals surface area contributed by atoms with Gasteiger partial charge < -0.3 is 5.32 Å². The van der Waals surface area contributed by atoms with Crippen LogP contribution in [0.4, 0.5) is 4.39 Å². The molecule has 0 aromatic carbocycles. The Balaban J connectivity index is 3.29. The number of hydrogen-bond donors (Lipinski definition) is 1. The fraction of sp³-hybridized carbons (Fsp3) is 0.600. The van der Waals surface area contributed by atoms with Gasteiger partial charge in [-0.2, -0.15) is 4.39 Å². The first-order valence-corrected chi connectivity index (χ1v) is 2.34. The normalized spacial score (nSPS) is 11.6. The van der Waals surface area contributed by atoms with Gasteiger partial charge in [-0.25, -0.2) is 0 Å². The highest BCUT2D eigenvalue weighted by Crippen LogP contribution is 1.89. The molecule has 0 amide bonds. The van der Waals surface area contributed by atoms with Crippen LogP contribution in [-0.4, -0.2) is 7.05 Å². The van der Waals surface area contributed by atoms with Gasteiger partial charge in [0.25, 0.3) is 0 Å². The minimum absolute atomic E-state index is 0.248. The minimum atomic E-state index is -0.248. The summed E-state index contributed by atoms with van der Waals surface area (Å²) in [6, 6.07) is 0. The van der Waals surface area contributed by atoms with Crippen molar-refractivity contribution in [3.8, 4) is 0 Å². The molecule has 7 heavy (non-hydrogen) atoms. The van der Waals surface area contributed by atoms with Crippen LogP contribution >= 0.6 is 0 Å². The average molecular weight is 103 g/mol. The second kappa shape index (κ2) is 3.65. The Morgan fingerprint density at radius 1 is 1.86 bits per heavy atom. The molecule has 0 heterocycles. The molecule has 0 fully saturated rings. The largest absolute Gasteiger partial charge is 0.365 e. The van der Waals surface area contributed by atoms with E-state index in [0.29, 0.717) is 0 Å². The summed E-state index contributed by atoms with van der Waals surface area (Å²) in [7, 11) is 1.56. The Morgan fingerprint density at radius 3 is 2.57 bits per heavy atom. The third-order valence-corrected chi connectivity index (χ3v) is 0.622. The Labute approximate surface area is 43.2 Å². The molecular weight excluding hydrogens is 93.1 g/mol. The topological polar surface area (TPSA) is 12.0 Å². The van der Waals surface area contributed by atoms with E-state index in [1.807, 2.05) is 6.92 Å². The summed E-state index contributed by atoms with van der Waals surface area (Å²) in [6.45, 7) is 1.89. The molecular formula is C5H10FN. The number of hydrogen-bond acceptors (Lipinski definition) is 1. The molecule has 2 heteroatoms. The summed E-state index contributed by atoms with van der Waals surface area (Å²) < 4.78 is 11.9. The Kier molecular flexibility index (Phi) is 3.38. The maximum Gasteiger partial charge on any atom is 0.182 e. The highest BCUT2D eigenvalue weighted by atomic mass is 19.1. The lowest BCUT2D eigenvalue weighted by Crippen LogP contribution is -1.98. The molecule has 0 aromatic heterocycles. The van der Waals surface area contributed by atoms with Gasteiger partial charge in [-0.1, -0.05) is 6.92 Å². The van der Waals surface area contributed by atoms with Crippen molar-refractivity contribution in [3.05, 3.63) is 12.0 Å². The van der Waals surface area contributed by atoms with Gasteiger partial charge in [0.1, 0.15) is 0 Å². The van der Waals surface area contributed by atoms with Crippen molar-refractivity contribution in [1.82, 2.24) is 5.32 Å². The molecule has 42 valence electrons. The van der Waals surface area contributed by atoms with Gasteiger partial charge in [-0.15, -0.1) is 0 Å². The van der Waals surface area contributed by atoms with E-state index in [9.17, 15) is 4.39 Å². The molecule has 0 unspecified atom stereocenters. The van der Waals surface area contributed by atoms with Crippen molar-refractivity contribution in [2.24, 2.45) is 0 Å². The lowest BCUT2D eigenvalue weighted by Gasteiger charge is -1.88. The maximum atomic E-state index is 11.9. The van der Waals surface area contributed by atoms with Gasteiger partial charge in [0, 0.05) is 7.05 Å². The van der Waals surface area contributed by atoms with E-state index in [0.717, 1.165) is 6.42 Å². The molecule has 1 nitrogen and oxygen atoms in total. The second-order valence-electron chi connectivity index (χ2n) is 1.21. The summed E-state index contributed by atoms with van der Waals surface area (Å²) in [5.74, 6) is -0.248.